The van der Waals surface area contributed by atoms with Gasteiger partial charge in [0.2, 0.25) is 0 Å². The van der Waals surface area contributed by atoms with Crippen molar-refractivity contribution in [2.24, 2.45) is 7.05 Å². The molecule has 2 aliphatic rings. The molecule has 0 atom stereocenters. The van der Waals surface area contributed by atoms with Crippen molar-refractivity contribution in [3.8, 4) is 0 Å². The number of carboxylic acid groups (broad SMARTS) is 1. The maximum Gasteiger partial charge on any atom is 0.354 e. The number of hydrogen-bond acceptors (Lipinski definition) is 4. The van der Waals surface area contributed by atoms with Gasteiger partial charge in [0, 0.05) is 30.7 Å². The highest BCUT2D eigenvalue weighted by molar-refractivity contribution is 7.97. The van der Waals surface area contributed by atoms with E-state index in [0.717, 1.165) is 56.2 Å². The Morgan fingerprint density at radius 3 is 2.35 bits per heavy atom. The van der Waals surface area contributed by atoms with Gasteiger partial charge in [0.25, 0.3) is 0 Å². The first-order valence-corrected chi connectivity index (χ1v) is 9.52. The number of carboxylic acids is 1. The lowest BCUT2D eigenvalue weighted by Crippen LogP contribution is -2.24. The molecular weight excluding hydrogens is 352 g/mol. The summed E-state index contributed by atoms with van der Waals surface area (Å²) in [6.07, 6.45) is 6.45. The van der Waals surface area contributed by atoms with Crippen molar-refractivity contribution in [2.75, 3.05) is 5.32 Å². The van der Waals surface area contributed by atoms with Crippen molar-refractivity contribution >= 4 is 29.6 Å². The van der Waals surface area contributed by atoms with Crippen LogP contribution in [0.1, 0.15) is 45.6 Å². The van der Waals surface area contributed by atoms with Crippen LogP contribution >= 0.6 is 11.9 Å². The Morgan fingerprint density at radius 2 is 1.77 bits per heavy atom. The number of aromatic carboxylic acids is 1. The van der Waals surface area contributed by atoms with Gasteiger partial charge in [-0.05, 0) is 60.8 Å². The standard InChI is InChI=1S/C18H20N4O3S/c1-22-14(17(23)24)9-15(20-22)26-21-18(25)19-16-12-6-2-4-10(12)8-11-5-3-7-13(11)16/h8-9H,2-7H2,1H3,(H,23,24)(H2,19,21,25). The molecule has 0 spiro atoms. The molecule has 0 saturated carbocycles. The van der Waals surface area contributed by atoms with Crippen molar-refractivity contribution in [3.05, 3.63) is 40.1 Å². The average molecular weight is 372 g/mol. The predicted molar refractivity (Wildman–Crippen MR) is 98.7 cm³/mol. The number of rotatable bonds is 4. The number of anilines is 1. The van der Waals surface area contributed by atoms with Gasteiger partial charge in [-0.15, -0.1) is 0 Å². The van der Waals surface area contributed by atoms with Crippen LogP contribution in [0.25, 0.3) is 0 Å². The lowest BCUT2D eigenvalue weighted by molar-refractivity contribution is 0.0685. The number of carbonyl (C=O) groups is 2. The van der Waals surface area contributed by atoms with Gasteiger partial charge in [0.1, 0.15) is 10.7 Å². The molecule has 8 heteroatoms. The molecule has 2 amide bonds. The summed E-state index contributed by atoms with van der Waals surface area (Å²) < 4.78 is 3.99. The monoisotopic (exact) mass is 372 g/mol. The first-order chi connectivity index (χ1) is 12.5. The van der Waals surface area contributed by atoms with Gasteiger partial charge in [0.05, 0.1) is 0 Å². The normalized spacial score (nSPS) is 14.8. The molecule has 1 heterocycles. The van der Waals surface area contributed by atoms with Crippen molar-refractivity contribution < 1.29 is 14.7 Å². The third-order valence-corrected chi connectivity index (χ3v) is 5.73. The third-order valence-electron chi connectivity index (χ3n) is 5.04. The highest BCUT2D eigenvalue weighted by Crippen LogP contribution is 2.38. The van der Waals surface area contributed by atoms with Gasteiger partial charge in [-0.2, -0.15) is 5.10 Å². The van der Waals surface area contributed by atoms with E-state index >= 15 is 0 Å². The fourth-order valence-corrected chi connectivity index (χ4v) is 4.48. The highest BCUT2D eigenvalue weighted by Gasteiger charge is 2.25. The summed E-state index contributed by atoms with van der Waals surface area (Å²) in [5.41, 5.74) is 6.34. The van der Waals surface area contributed by atoms with Gasteiger partial charge >= 0.3 is 12.0 Å². The van der Waals surface area contributed by atoms with Crippen molar-refractivity contribution in [1.29, 1.82) is 0 Å². The lowest BCUT2D eigenvalue weighted by Gasteiger charge is -2.16. The number of nitrogens with zero attached hydrogens (tertiary/aromatic N) is 2. The maximum absolute atomic E-state index is 12.4. The van der Waals surface area contributed by atoms with Crippen LogP contribution in [0.3, 0.4) is 0 Å². The van der Waals surface area contributed by atoms with Gasteiger partial charge < -0.3 is 10.4 Å². The molecule has 1 aromatic carbocycles. The molecule has 1 aromatic heterocycles. The van der Waals surface area contributed by atoms with Crippen LogP contribution in [0, 0.1) is 0 Å². The number of urea groups is 1. The fourth-order valence-electron chi connectivity index (χ4n) is 3.90. The van der Waals surface area contributed by atoms with Crippen LogP contribution in [-0.4, -0.2) is 26.9 Å². The maximum atomic E-state index is 12.4. The van der Waals surface area contributed by atoms with Gasteiger partial charge in [-0.3, -0.25) is 9.40 Å². The summed E-state index contributed by atoms with van der Waals surface area (Å²) in [6, 6.07) is 3.45. The van der Waals surface area contributed by atoms with Crippen LogP contribution in [0.4, 0.5) is 10.5 Å². The summed E-state index contributed by atoms with van der Waals surface area (Å²) in [5.74, 6) is -1.05. The van der Waals surface area contributed by atoms with Crippen LogP contribution in [0.5, 0.6) is 0 Å². The first-order valence-electron chi connectivity index (χ1n) is 8.70. The van der Waals surface area contributed by atoms with Gasteiger partial charge in [-0.1, -0.05) is 6.07 Å². The van der Waals surface area contributed by atoms with E-state index in [-0.39, 0.29) is 11.7 Å². The van der Waals surface area contributed by atoms with Gasteiger partial charge in [-0.25, -0.2) is 9.59 Å². The predicted octanol–water partition coefficient (Wildman–Crippen LogP) is 2.92. The van der Waals surface area contributed by atoms with E-state index in [1.165, 1.54) is 33.0 Å². The molecule has 0 aliphatic heterocycles. The summed E-state index contributed by atoms with van der Waals surface area (Å²) >= 11 is 1.01. The number of hydrogen-bond donors (Lipinski definition) is 3. The van der Waals surface area contributed by atoms with E-state index in [2.05, 4.69) is 21.2 Å². The summed E-state index contributed by atoms with van der Waals surface area (Å²) in [7, 11) is 1.56. The minimum absolute atomic E-state index is 0.0772. The minimum atomic E-state index is -1.05. The molecule has 0 fully saturated rings. The molecule has 2 aliphatic carbocycles. The molecule has 0 saturated heterocycles. The van der Waals surface area contributed by atoms with E-state index in [4.69, 9.17) is 5.11 Å². The van der Waals surface area contributed by atoms with E-state index in [1.807, 2.05) is 0 Å². The zero-order chi connectivity index (χ0) is 18.3. The van der Waals surface area contributed by atoms with Crippen LogP contribution in [-0.2, 0) is 32.7 Å². The quantitative estimate of drug-likeness (QED) is 0.717. The Morgan fingerprint density at radius 1 is 1.12 bits per heavy atom. The fraction of sp³-hybridized carbons (Fsp3) is 0.389. The number of aryl methyl sites for hydroxylation is 3. The van der Waals surface area contributed by atoms with E-state index in [9.17, 15) is 9.59 Å². The zero-order valence-corrected chi connectivity index (χ0v) is 15.3. The number of benzene rings is 1. The Bertz CT molecular complexity index is 874. The largest absolute Gasteiger partial charge is 0.477 e. The molecule has 136 valence electrons. The molecule has 3 N–H and O–H groups in total. The summed E-state index contributed by atoms with van der Waals surface area (Å²) in [6.45, 7) is 0. The molecule has 2 aromatic rings. The molecule has 0 bridgehead atoms. The second-order valence-electron chi connectivity index (χ2n) is 6.69. The number of carbonyl (C=O) groups excluding carboxylic acids is 1. The van der Waals surface area contributed by atoms with Crippen LogP contribution < -0.4 is 10.0 Å². The lowest BCUT2D eigenvalue weighted by atomic mass is 9.99. The number of aromatic nitrogens is 2. The van der Waals surface area contributed by atoms with Crippen LogP contribution in [0.2, 0.25) is 0 Å². The smallest absolute Gasteiger partial charge is 0.354 e. The molecule has 26 heavy (non-hydrogen) atoms. The van der Waals surface area contributed by atoms with Crippen molar-refractivity contribution in [3.63, 3.8) is 0 Å². The third kappa shape index (κ3) is 3.05. The van der Waals surface area contributed by atoms with Crippen molar-refractivity contribution in [2.45, 2.75) is 43.6 Å². The van der Waals surface area contributed by atoms with Gasteiger partial charge in [0.15, 0.2) is 0 Å². The molecular formula is C18H20N4O3S. The Balaban J connectivity index is 1.48. The molecule has 0 radical (unpaired) electrons. The first kappa shape index (κ1) is 17.0. The van der Waals surface area contributed by atoms with E-state index in [0.29, 0.717) is 5.03 Å². The van der Waals surface area contributed by atoms with Crippen molar-refractivity contribution in [1.82, 2.24) is 14.5 Å². The number of nitrogens with one attached hydrogen (secondary N) is 2. The highest BCUT2D eigenvalue weighted by atomic mass is 32.2. The summed E-state index contributed by atoms with van der Waals surface area (Å²) in [5, 5.41) is 16.6. The second-order valence-corrected chi connectivity index (χ2v) is 7.52. The minimum Gasteiger partial charge on any atom is -0.477 e. The molecule has 4 rings (SSSR count). The average Bonchev–Trinajstić information content (AvgIpc) is 3.31. The number of amides is 2. The SMILES string of the molecule is Cn1nc(SNC(=O)Nc2c3c(cc4c2CCC4)CCC3)cc1C(=O)O. The van der Waals surface area contributed by atoms with E-state index in [1.54, 1.807) is 7.05 Å². The zero-order valence-electron chi connectivity index (χ0n) is 14.5. The number of fused-ring (bicyclic) bond motifs is 2. The van der Waals surface area contributed by atoms with Crippen LogP contribution in [0.15, 0.2) is 17.2 Å². The Labute approximate surface area is 155 Å². The molecule has 0 unspecified atom stereocenters. The second kappa shape index (κ2) is 6.68. The Hall–Kier alpha value is -2.48. The molecule has 7 nitrogen and oxygen atoms in total. The topological polar surface area (TPSA) is 96.3 Å². The Kier molecular flexibility index (Phi) is 4.36. The van der Waals surface area contributed by atoms with E-state index < -0.39 is 5.97 Å². The summed E-state index contributed by atoms with van der Waals surface area (Å²) in [4.78, 5) is 23.5.